The maximum absolute atomic E-state index is 11.8. The maximum Gasteiger partial charge on any atom is 0.326 e. The molecule has 0 bridgehead atoms. The number of non-ortho nitro benzene ring substituents is 1. The molecule has 0 aromatic heterocycles. The van der Waals surface area contributed by atoms with Crippen molar-refractivity contribution in [2.75, 3.05) is 6.54 Å². The fraction of sp³-hybridized carbons (Fsp3) is 0.400. The molecule has 1 aromatic rings. The summed E-state index contributed by atoms with van der Waals surface area (Å²) in [7, 11) is 0. The SMILES string of the molecule is CCCC(NC(=O)CCNC(=O)c1ccc([N+](=O)[O-])cc1)C(=O)O. The van der Waals surface area contributed by atoms with E-state index >= 15 is 0 Å². The lowest BCUT2D eigenvalue weighted by molar-refractivity contribution is -0.384. The number of nitrogens with zero attached hydrogens (tertiary/aromatic N) is 1. The van der Waals surface area contributed by atoms with Gasteiger partial charge in [-0.05, 0) is 18.6 Å². The van der Waals surface area contributed by atoms with Crippen LogP contribution in [0.1, 0.15) is 36.5 Å². The Morgan fingerprint density at radius 2 is 1.88 bits per heavy atom. The number of carbonyl (C=O) groups excluding carboxylic acids is 2. The lowest BCUT2D eigenvalue weighted by Crippen LogP contribution is -2.41. The van der Waals surface area contributed by atoms with Crippen LogP contribution in [0.4, 0.5) is 5.69 Å². The second-order valence-corrected chi connectivity index (χ2v) is 5.06. The van der Waals surface area contributed by atoms with Gasteiger partial charge in [-0.25, -0.2) is 4.79 Å². The zero-order valence-electron chi connectivity index (χ0n) is 13.2. The molecule has 0 aliphatic heterocycles. The maximum atomic E-state index is 11.8. The first-order valence-corrected chi connectivity index (χ1v) is 7.40. The summed E-state index contributed by atoms with van der Waals surface area (Å²) in [5.74, 6) is -2.04. The molecule has 1 unspecified atom stereocenters. The van der Waals surface area contributed by atoms with E-state index in [0.717, 1.165) is 0 Å². The van der Waals surface area contributed by atoms with Crippen LogP contribution < -0.4 is 10.6 Å². The lowest BCUT2D eigenvalue weighted by Gasteiger charge is -2.13. The van der Waals surface area contributed by atoms with Gasteiger partial charge in [0.2, 0.25) is 5.91 Å². The second-order valence-electron chi connectivity index (χ2n) is 5.06. The zero-order valence-corrected chi connectivity index (χ0v) is 13.2. The number of hydrogen-bond donors (Lipinski definition) is 3. The number of aliphatic carboxylic acids is 1. The number of carboxylic acids is 1. The van der Waals surface area contributed by atoms with Crippen LogP contribution in [-0.2, 0) is 9.59 Å². The van der Waals surface area contributed by atoms with E-state index in [1.807, 2.05) is 6.92 Å². The summed E-state index contributed by atoms with van der Waals surface area (Å²) in [4.78, 5) is 44.4. The Bertz CT molecular complexity index is 614. The summed E-state index contributed by atoms with van der Waals surface area (Å²) in [5, 5.41) is 24.4. The zero-order chi connectivity index (χ0) is 18.1. The highest BCUT2D eigenvalue weighted by Crippen LogP contribution is 2.11. The van der Waals surface area contributed by atoms with Crippen molar-refractivity contribution in [3.8, 4) is 0 Å². The molecule has 0 heterocycles. The summed E-state index contributed by atoms with van der Waals surface area (Å²) in [6, 6.07) is 4.12. The van der Waals surface area contributed by atoms with Gasteiger partial charge in [0.15, 0.2) is 0 Å². The van der Waals surface area contributed by atoms with Gasteiger partial charge in [-0.1, -0.05) is 13.3 Å². The van der Waals surface area contributed by atoms with Crippen LogP contribution in [0.2, 0.25) is 0 Å². The van der Waals surface area contributed by atoms with Crippen LogP contribution >= 0.6 is 0 Å². The first kappa shape index (κ1) is 19.1. The number of amides is 2. The molecule has 9 nitrogen and oxygen atoms in total. The van der Waals surface area contributed by atoms with E-state index < -0.39 is 28.7 Å². The van der Waals surface area contributed by atoms with Crippen LogP contribution in [-0.4, -0.2) is 40.4 Å². The first-order valence-electron chi connectivity index (χ1n) is 7.40. The van der Waals surface area contributed by atoms with Gasteiger partial charge in [-0.3, -0.25) is 19.7 Å². The van der Waals surface area contributed by atoms with E-state index in [4.69, 9.17) is 5.11 Å². The van der Waals surface area contributed by atoms with Crippen LogP contribution in [0.15, 0.2) is 24.3 Å². The van der Waals surface area contributed by atoms with E-state index in [-0.39, 0.29) is 24.2 Å². The number of nitro benzene ring substituents is 1. The third kappa shape index (κ3) is 6.03. The Kier molecular flexibility index (Phi) is 7.34. The minimum absolute atomic E-state index is 0.0279. The van der Waals surface area contributed by atoms with Crippen molar-refractivity contribution < 1.29 is 24.4 Å². The van der Waals surface area contributed by atoms with Gasteiger partial charge in [0.25, 0.3) is 11.6 Å². The Hall–Kier alpha value is -2.97. The highest BCUT2D eigenvalue weighted by atomic mass is 16.6. The monoisotopic (exact) mass is 337 g/mol. The number of hydrogen-bond acceptors (Lipinski definition) is 5. The number of carboxylic acid groups (broad SMARTS) is 1. The summed E-state index contributed by atoms with van der Waals surface area (Å²) in [6.07, 6.45) is 0.885. The van der Waals surface area contributed by atoms with Crippen LogP contribution in [0, 0.1) is 10.1 Å². The van der Waals surface area contributed by atoms with Gasteiger partial charge in [0.05, 0.1) is 4.92 Å². The molecule has 2 amide bonds. The van der Waals surface area contributed by atoms with Crippen molar-refractivity contribution in [3.63, 3.8) is 0 Å². The smallest absolute Gasteiger partial charge is 0.326 e. The molecule has 0 spiro atoms. The fourth-order valence-electron chi connectivity index (χ4n) is 1.94. The van der Waals surface area contributed by atoms with E-state index in [1.54, 1.807) is 0 Å². The first-order chi connectivity index (χ1) is 11.3. The Morgan fingerprint density at radius 3 is 2.38 bits per heavy atom. The molecular weight excluding hydrogens is 318 g/mol. The topological polar surface area (TPSA) is 139 Å². The minimum atomic E-state index is -1.10. The second kappa shape index (κ2) is 9.23. The molecule has 3 N–H and O–H groups in total. The molecule has 24 heavy (non-hydrogen) atoms. The highest BCUT2D eigenvalue weighted by Gasteiger charge is 2.18. The van der Waals surface area contributed by atoms with Gasteiger partial charge in [-0.15, -0.1) is 0 Å². The van der Waals surface area contributed by atoms with Crippen LogP contribution in [0.5, 0.6) is 0 Å². The third-order valence-electron chi connectivity index (χ3n) is 3.19. The summed E-state index contributed by atoms with van der Waals surface area (Å²) in [6.45, 7) is 1.84. The van der Waals surface area contributed by atoms with Gasteiger partial charge >= 0.3 is 5.97 Å². The molecule has 0 radical (unpaired) electrons. The van der Waals surface area contributed by atoms with Crippen molar-refractivity contribution in [1.29, 1.82) is 0 Å². The highest BCUT2D eigenvalue weighted by molar-refractivity contribution is 5.94. The van der Waals surface area contributed by atoms with Crippen molar-refractivity contribution in [2.24, 2.45) is 0 Å². The van der Waals surface area contributed by atoms with Crippen molar-refractivity contribution in [3.05, 3.63) is 39.9 Å². The minimum Gasteiger partial charge on any atom is -0.480 e. The molecule has 1 atom stereocenters. The molecule has 0 aliphatic rings. The van der Waals surface area contributed by atoms with E-state index in [2.05, 4.69) is 10.6 Å². The number of rotatable bonds is 9. The molecule has 0 saturated heterocycles. The standard InChI is InChI=1S/C15H19N3O6/c1-2-3-12(15(21)22)17-13(19)8-9-16-14(20)10-4-6-11(7-5-10)18(23)24/h4-7,12H,2-3,8-9H2,1H3,(H,16,20)(H,17,19)(H,21,22). The van der Waals surface area contributed by atoms with Gasteiger partial charge in [0.1, 0.15) is 6.04 Å². The van der Waals surface area contributed by atoms with Crippen LogP contribution in [0.3, 0.4) is 0 Å². The van der Waals surface area contributed by atoms with E-state index in [0.29, 0.717) is 12.8 Å². The molecule has 9 heteroatoms. The predicted molar refractivity (Wildman–Crippen MR) is 84.5 cm³/mol. The van der Waals surface area contributed by atoms with Gasteiger partial charge in [-0.2, -0.15) is 0 Å². The van der Waals surface area contributed by atoms with E-state index in [9.17, 15) is 24.5 Å². The Balaban J connectivity index is 2.43. The molecule has 0 saturated carbocycles. The average molecular weight is 337 g/mol. The van der Waals surface area contributed by atoms with Crippen LogP contribution in [0.25, 0.3) is 0 Å². The number of nitro groups is 1. The third-order valence-corrected chi connectivity index (χ3v) is 3.19. The van der Waals surface area contributed by atoms with Crippen molar-refractivity contribution >= 4 is 23.5 Å². The molecular formula is C15H19N3O6. The normalized spacial score (nSPS) is 11.4. The predicted octanol–water partition coefficient (Wildman–Crippen LogP) is 1.08. The lowest BCUT2D eigenvalue weighted by atomic mass is 10.1. The number of benzene rings is 1. The average Bonchev–Trinajstić information content (AvgIpc) is 2.54. The van der Waals surface area contributed by atoms with Crippen molar-refractivity contribution in [1.82, 2.24) is 10.6 Å². The summed E-state index contributed by atoms with van der Waals surface area (Å²) >= 11 is 0. The Morgan fingerprint density at radius 1 is 1.25 bits per heavy atom. The number of nitrogens with one attached hydrogen (secondary N) is 2. The largest absolute Gasteiger partial charge is 0.480 e. The molecule has 130 valence electrons. The van der Waals surface area contributed by atoms with Gasteiger partial charge in [0, 0.05) is 30.7 Å². The van der Waals surface area contributed by atoms with E-state index in [1.165, 1.54) is 24.3 Å². The summed E-state index contributed by atoms with van der Waals surface area (Å²) < 4.78 is 0. The molecule has 1 aromatic carbocycles. The molecule has 1 rings (SSSR count). The Labute approximate surface area is 138 Å². The van der Waals surface area contributed by atoms with Gasteiger partial charge < -0.3 is 15.7 Å². The summed E-state index contributed by atoms with van der Waals surface area (Å²) in [5.41, 5.74) is 0.108. The molecule has 0 fully saturated rings. The fourth-order valence-corrected chi connectivity index (χ4v) is 1.94. The quantitative estimate of drug-likeness (QED) is 0.455. The van der Waals surface area contributed by atoms with Crippen molar-refractivity contribution in [2.45, 2.75) is 32.2 Å². The number of carbonyl (C=O) groups is 3. The molecule has 0 aliphatic carbocycles.